The summed E-state index contributed by atoms with van der Waals surface area (Å²) in [4.78, 5) is 26.4. The van der Waals surface area contributed by atoms with Gasteiger partial charge in [-0.25, -0.2) is 13.2 Å². The molecule has 0 aromatic heterocycles. The molecule has 2 fully saturated rings. The number of aliphatic hydroxyl groups excluding tert-OH is 1. The van der Waals surface area contributed by atoms with Crippen molar-refractivity contribution in [3.63, 3.8) is 0 Å². The summed E-state index contributed by atoms with van der Waals surface area (Å²) in [6.07, 6.45) is -0.950. The number of amides is 1. The number of β-lactam (4-membered cyclic amide) rings is 1. The number of hydrogen-bond acceptors (Lipinski definition) is 6. The zero-order chi connectivity index (χ0) is 20.8. The molecule has 0 bridgehead atoms. The number of nitrogens with zero attached hydrogens (tertiary/aromatic N) is 1. The number of carbonyl (C=O) groups is 2. The predicted octanol–water partition coefficient (Wildman–Crippen LogP) is 1.43. The normalized spacial score (nSPS) is 27.4. The first-order valence-corrected chi connectivity index (χ1v) is 10.8. The van der Waals surface area contributed by atoms with Gasteiger partial charge in [-0.3, -0.25) is 4.79 Å². The van der Waals surface area contributed by atoms with Crippen LogP contribution in [0.4, 0.5) is 0 Å². The first-order valence-electron chi connectivity index (χ1n) is 9.27. The van der Waals surface area contributed by atoms with Gasteiger partial charge in [0.25, 0.3) is 0 Å². The molecule has 29 heavy (non-hydrogen) atoms. The molecular weight excluding hydrogens is 394 g/mol. The molecule has 1 amide bonds. The second-order valence-corrected chi connectivity index (χ2v) is 10.1. The van der Waals surface area contributed by atoms with Gasteiger partial charge >= 0.3 is 5.97 Å². The van der Waals surface area contributed by atoms with E-state index < -0.39 is 50.6 Å². The van der Waals surface area contributed by atoms with Crippen molar-refractivity contribution in [1.82, 2.24) is 4.90 Å². The summed E-state index contributed by atoms with van der Waals surface area (Å²) in [5, 5.41) is 8.79. The number of sulfone groups is 1. The zero-order valence-electron chi connectivity index (χ0n) is 15.8. The molecule has 0 saturated carbocycles. The van der Waals surface area contributed by atoms with Crippen LogP contribution in [-0.4, -0.2) is 53.1 Å². The van der Waals surface area contributed by atoms with E-state index in [0.717, 1.165) is 4.90 Å². The molecule has 2 aliphatic rings. The number of ether oxygens (including phenoxy) is 1. The first-order chi connectivity index (χ1) is 13.8. The SMILES string of the molecule is C[C@]1(CO)[C@H](C(=O)OC(c2ccccc2)c2ccccc2)N2C(=O)C[C@H]2S1(=O)=O. The third kappa shape index (κ3) is 2.86. The van der Waals surface area contributed by atoms with Crippen molar-refractivity contribution in [3.8, 4) is 0 Å². The molecule has 2 heterocycles. The Morgan fingerprint density at radius 3 is 2.10 bits per heavy atom. The third-order valence-electron chi connectivity index (χ3n) is 5.79. The Morgan fingerprint density at radius 1 is 1.14 bits per heavy atom. The fourth-order valence-corrected chi connectivity index (χ4v) is 6.26. The molecule has 4 rings (SSSR count). The maximum absolute atomic E-state index is 13.2. The van der Waals surface area contributed by atoms with Crippen LogP contribution < -0.4 is 0 Å². The van der Waals surface area contributed by atoms with Gasteiger partial charge in [-0.15, -0.1) is 0 Å². The van der Waals surface area contributed by atoms with Crippen LogP contribution in [0.3, 0.4) is 0 Å². The van der Waals surface area contributed by atoms with E-state index in [-0.39, 0.29) is 6.42 Å². The maximum Gasteiger partial charge on any atom is 0.331 e. The zero-order valence-corrected chi connectivity index (χ0v) is 16.6. The fourth-order valence-electron chi connectivity index (χ4n) is 4.04. The minimum Gasteiger partial charge on any atom is -0.451 e. The van der Waals surface area contributed by atoms with E-state index in [4.69, 9.17) is 4.74 Å². The van der Waals surface area contributed by atoms with Crippen LogP contribution in [0.25, 0.3) is 0 Å². The van der Waals surface area contributed by atoms with Crippen LogP contribution in [0.2, 0.25) is 0 Å². The van der Waals surface area contributed by atoms with Gasteiger partial charge in [-0.05, 0) is 18.1 Å². The van der Waals surface area contributed by atoms with Crippen molar-refractivity contribution in [1.29, 1.82) is 0 Å². The van der Waals surface area contributed by atoms with E-state index in [1.807, 2.05) is 36.4 Å². The quantitative estimate of drug-likeness (QED) is 0.586. The summed E-state index contributed by atoms with van der Waals surface area (Å²) in [7, 11) is -3.92. The molecule has 0 spiro atoms. The standard InChI is InChI=1S/C21H21NO6S/c1-21(13-23)19(22-16(24)12-17(22)29(21,26)27)20(25)28-18(14-8-4-2-5-9-14)15-10-6-3-7-11-15/h2-11,17-19,23H,12-13H2,1H3/t17-,19+,21+/m1/s1. The highest BCUT2D eigenvalue weighted by atomic mass is 32.2. The lowest BCUT2D eigenvalue weighted by atomic mass is 9.96. The Labute approximate surface area is 168 Å². The van der Waals surface area contributed by atoms with Crippen LogP contribution >= 0.6 is 0 Å². The number of carbonyl (C=O) groups excluding carboxylic acids is 2. The Hall–Kier alpha value is -2.71. The number of fused-ring (bicyclic) bond motifs is 1. The summed E-state index contributed by atoms with van der Waals surface area (Å²) < 4.78 is 29.6. The second-order valence-electron chi connectivity index (χ2n) is 7.52. The van der Waals surface area contributed by atoms with Gasteiger partial charge in [0, 0.05) is 0 Å². The first kappa shape index (κ1) is 19.6. The van der Waals surface area contributed by atoms with Crippen molar-refractivity contribution >= 4 is 21.7 Å². The molecule has 3 atom stereocenters. The molecule has 2 aromatic carbocycles. The minimum atomic E-state index is -3.92. The van der Waals surface area contributed by atoms with Crippen LogP contribution in [0.5, 0.6) is 0 Å². The van der Waals surface area contributed by atoms with Crippen LogP contribution in [0.1, 0.15) is 30.6 Å². The minimum absolute atomic E-state index is 0.178. The second kappa shape index (κ2) is 6.96. The van der Waals surface area contributed by atoms with E-state index in [9.17, 15) is 23.1 Å². The van der Waals surface area contributed by atoms with Crippen molar-refractivity contribution in [2.24, 2.45) is 0 Å². The summed E-state index contributed by atoms with van der Waals surface area (Å²) in [5.74, 6) is -1.29. The topological polar surface area (TPSA) is 101 Å². The largest absolute Gasteiger partial charge is 0.451 e. The van der Waals surface area contributed by atoms with E-state index in [0.29, 0.717) is 11.1 Å². The van der Waals surface area contributed by atoms with E-state index in [1.165, 1.54) is 6.92 Å². The van der Waals surface area contributed by atoms with E-state index in [1.54, 1.807) is 24.3 Å². The Bertz CT molecular complexity index is 1000. The summed E-state index contributed by atoms with van der Waals surface area (Å²) in [6.45, 7) is 0.511. The highest BCUT2D eigenvalue weighted by Crippen LogP contribution is 2.46. The maximum atomic E-state index is 13.2. The molecule has 0 unspecified atom stereocenters. The molecule has 2 aromatic rings. The summed E-state index contributed by atoms with van der Waals surface area (Å²) in [5.41, 5.74) is 1.43. The molecule has 0 radical (unpaired) electrons. The highest BCUT2D eigenvalue weighted by molar-refractivity contribution is 7.94. The number of benzene rings is 2. The highest BCUT2D eigenvalue weighted by Gasteiger charge is 2.70. The lowest BCUT2D eigenvalue weighted by Crippen LogP contribution is -2.58. The van der Waals surface area contributed by atoms with Gasteiger partial charge in [0.1, 0.15) is 10.1 Å². The van der Waals surface area contributed by atoms with Crippen molar-refractivity contribution in [2.45, 2.75) is 35.6 Å². The van der Waals surface area contributed by atoms with Crippen molar-refractivity contribution in [2.75, 3.05) is 6.61 Å². The summed E-state index contributed by atoms with van der Waals surface area (Å²) >= 11 is 0. The third-order valence-corrected chi connectivity index (χ3v) is 8.55. The van der Waals surface area contributed by atoms with Crippen LogP contribution in [0, 0.1) is 0 Å². The van der Waals surface area contributed by atoms with E-state index in [2.05, 4.69) is 0 Å². The van der Waals surface area contributed by atoms with E-state index >= 15 is 0 Å². The molecular formula is C21H21NO6S. The van der Waals surface area contributed by atoms with Gasteiger partial charge in [0.2, 0.25) is 5.91 Å². The van der Waals surface area contributed by atoms with Gasteiger partial charge < -0.3 is 14.7 Å². The molecule has 2 aliphatic heterocycles. The Kier molecular flexibility index (Phi) is 4.71. The monoisotopic (exact) mass is 415 g/mol. The fraction of sp³-hybridized carbons (Fsp3) is 0.333. The molecule has 1 N–H and O–H groups in total. The molecule has 152 valence electrons. The van der Waals surface area contributed by atoms with Gasteiger partial charge in [-0.1, -0.05) is 60.7 Å². The number of aliphatic hydroxyl groups is 1. The Balaban J connectivity index is 1.72. The molecule has 2 saturated heterocycles. The number of hydrogen-bond donors (Lipinski definition) is 1. The van der Waals surface area contributed by atoms with Crippen LogP contribution in [0.15, 0.2) is 60.7 Å². The van der Waals surface area contributed by atoms with Crippen molar-refractivity contribution in [3.05, 3.63) is 71.8 Å². The smallest absolute Gasteiger partial charge is 0.331 e. The lowest BCUT2D eigenvalue weighted by Gasteiger charge is -2.37. The number of rotatable bonds is 5. The van der Waals surface area contributed by atoms with Gasteiger partial charge in [0.05, 0.1) is 13.0 Å². The average Bonchev–Trinajstić information content (AvgIpc) is 2.88. The lowest BCUT2D eigenvalue weighted by molar-refractivity contribution is -0.164. The number of esters is 1. The Morgan fingerprint density at radius 2 is 1.66 bits per heavy atom. The predicted molar refractivity (Wildman–Crippen MR) is 104 cm³/mol. The average molecular weight is 415 g/mol. The molecule has 0 aliphatic carbocycles. The van der Waals surface area contributed by atoms with Crippen molar-refractivity contribution < 1.29 is 27.9 Å². The molecule has 7 nitrogen and oxygen atoms in total. The molecule has 8 heteroatoms. The van der Waals surface area contributed by atoms with Gasteiger partial charge in [0.15, 0.2) is 22.0 Å². The van der Waals surface area contributed by atoms with Gasteiger partial charge in [-0.2, -0.15) is 0 Å². The summed E-state index contributed by atoms with van der Waals surface area (Å²) in [6, 6.07) is 16.7. The van der Waals surface area contributed by atoms with Crippen LogP contribution in [-0.2, 0) is 24.2 Å².